The summed E-state index contributed by atoms with van der Waals surface area (Å²) in [6.07, 6.45) is -3.49. The third-order valence-electron chi connectivity index (χ3n) is 8.79. The van der Waals surface area contributed by atoms with E-state index >= 15 is 0 Å². The highest BCUT2D eigenvalue weighted by Crippen LogP contribution is 2.66. The minimum Gasteiger partial charge on any atom is -0.462 e. The summed E-state index contributed by atoms with van der Waals surface area (Å²) in [7, 11) is 0. The number of esters is 4. The molecule has 2 heterocycles. The van der Waals surface area contributed by atoms with E-state index in [-0.39, 0.29) is 12.8 Å². The van der Waals surface area contributed by atoms with Gasteiger partial charge in [0.2, 0.25) is 0 Å². The normalized spacial score (nSPS) is 46.7. The van der Waals surface area contributed by atoms with E-state index in [4.69, 9.17) is 23.7 Å². The van der Waals surface area contributed by atoms with Crippen LogP contribution < -0.4 is 0 Å². The number of hydrogen-bond acceptors (Lipinski definition) is 11. The van der Waals surface area contributed by atoms with Crippen molar-refractivity contribution in [3.8, 4) is 0 Å². The Kier molecular flexibility index (Phi) is 6.53. The lowest BCUT2D eigenvalue weighted by atomic mass is 9.51. The molecule has 0 radical (unpaired) electrons. The molecule has 0 aromatic heterocycles. The highest BCUT2D eigenvalue weighted by Gasteiger charge is 2.88. The lowest BCUT2D eigenvalue weighted by molar-refractivity contribution is -0.274. The van der Waals surface area contributed by atoms with Gasteiger partial charge in [-0.05, 0) is 39.7 Å². The fourth-order valence-electron chi connectivity index (χ4n) is 6.94. The van der Waals surface area contributed by atoms with Crippen LogP contribution in [-0.4, -0.2) is 81.4 Å². The Hall–Kier alpha value is -2.50. The molecule has 3 fully saturated rings. The van der Waals surface area contributed by atoms with E-state index in [1.165, 1.54) is 34.6 Å². The topological polar surface area (TPSA) is 158 Å². The first-order chi connectivity index (χ1) is 17.0. The van der Waals surface area contributed by atoms with Gasteiger partial charge in [0.15, 0.2) is 17.3 Å². The van der Waals surface area contributed by atoms with Gasteiger partial charge in [-0.3, -0.25) is 14.4 Å². The summed E-state index contributed by atoms with van der Waals surface area (Å²) in [6, 6.07) is 0. The number of rotatable bonds is 3. The molecule has 2 aliphatic carbocycles. The standard InChI is InChI=1S/C26H36O11/c1-12-8-9-17(33-13(2)27)23(5)18(34-14(3)28)11-16(30)24(6,32)20(23)21(35-15(4)29)26-19(10-12)36-22(31)25(26,7)37-26/h10,16-21,30,32H,8-9,11H2,1-7H3. The predicted octanol–water partition coefficient (Wildman–Crippen LogP) is 1.11. The number of hydrogen-bond donors (Lipinski definition) is 2. The highest BCUT2D eigenvalue weighted by atomic mass is 16.7. The summed E-state index contributed by atoms with van der Waals surface area (Å²) in [5, 5.41) is 23.0. The van der Waals surface area contributed by atoms with Crippen LogP contribution in [0.1, 0.15) is 67.7 Å². The molecule has 37 heavy (non-hydrogen) atoms. The van der Waals surface area contributed by atoms with Gasteiger partial charge in [-0.25, -0.2) is 4.79 Å². The molecule has 4 aliphatic rings. The molecule has 0 bridgehead atoms. The van der Waals surface area contributed by atoms with E-state index in [1.807, 2.05) is 6.92 Å². The summed E-state index contributed by atoms with van der Waals surface area (Å²) in [5.41, 5.74) is -5.58. The molecule has 1 saturated carbocycles. The molecule has 10 unspecified atom stereocenters. The van der Waals surface area contributed by atoms with Gasteiger partial charge in [0.25, 0.3) is 0 Å². The number of aliphatic hydroxyl groups is 2. The van der Waals surface area contributed by atoms with Gasteiger partial charge in [0.1, 0.15) is 18.3 Å². The Bertz CT molecular complexity index is 1050. The van der Waals surface area contributed by atoms with Crippen LogP contribution in [0.2, 0.25) is 0 Å². The average molecular weight is 525 g/mol. The van der Waals surface area contributed by atoms with Gasteiger partial charge >= 0.3 is 23.9 Å². The smallest absolute Gasteiger partial charge is 0.342 e. The number of ether oxygens (including phenoxy) is 5. The first kappa shape index (κ1) is 27.5. The fraction of sp³-hybridized carbons (Fsp3) is 0.769. The Morgan fingerprint density at radius 2 is 1.57 bits per heavy atom. The largest absolute Gasteiger partial charge is 0.462 e. The molecular formula is C26H36O11. The lowest BCUT2D eigenvalue weighted by Gasteiger charge is -2.59. The molecule has 4 rings (SSSR count). The van der Waals surface area contributed by atoms with Gasteiger partial charge in [0, 0.05) is 33.1 Å². The Balaban J connectivity index is 2.03. The third-order valence-corrected chi connectivity index (χ3v) is 8.79. The maximum Gasteiger partial charge on any atom is 0.342 e. The Morgan fingerprint density at radius 3 is 2.11 bits per heavy atom. The second kappa shape index (κ2) is 8.78. The van der Waals surface area contributed by atoms with Crippen molar-refractivity contribution in [1.29, 1.82) is 0 Å². The van der Waals surface area contributed by atoms with Crippen LogP contribution in [0.25, 0.3) is 0 Å². The van der Waals surface area contributed by atoms with Crippen LogP contribution in [0.3, 0.4) is 0 Å². The number of allylic oxidation sites excluding steroid dienone is 1. The summed E-state index contributed by atoms with van der Waals surface area (Å²) in [6.45, 7) is 10.1. The minimum atomic E-state index is -1.96. The zero-order chi connectivity index (χ0) is 27.7. The first-order valence-electron chi connectivity index (χ1n) is 12.5. The molecule has 2 N–H and O–H groups in total. The van der Waals surface area contributed by atoms with E-state index in [0.29, 0.717) is 6.42 Å². The summed E-state index contributed by atoms with van der Waals surface area (Å²) < 4.78 is 29.2. The lowest BCUT2D eigenvalue weighted by Crippen LogP contribution is -2.72. The predicted molar refractivity (Wildman–Crippen MR) is 125 cm³/mol. The van der Waals surface area contributed by atoms with E-state index in [0.717, 1.165) is 5.57 Å². The van der Waals surface area contributed by atoms with Crippen LogP contribution >= 0.6 is 0 Å². The molecular weight excluding hydrogens is 488 g/mol. The quantitative estimate of drug-likeness (QED) is 0.236. The van der Waals surface area contributed by atoms with Gasteiger partial charge in [-0.15, -0.1) is 0 Å². The maximum absolute atomic E-state index is 13.0. The van der Waals surface area contributed by atoms with Gasteiger partial charge < -0.3 is 33.9 Å². The van der Waals surface area contributed by atoms with Crippen molar-refractivity contribution in [2.75, 3.05) is 0 Å². The molecule has 206 valence electrons. The molecule has 0 aromatic rings. The SMILES string of the molecule is CC(=O)OC1CCC(C)=CC2OC(=O)C3(C)OC23C(OC(C)=O)C2C(C)(O)C(O)CC(OC(C)=O)C12C. The van der Waals surface area contributed by atoms with E-state index < -0.39 is 82.5 Å². The number of aliphatic hydroxyl groups excluding tert-OH is 1. The number of fused-ring (bicyclic) bond motifs is 1. The van der Waals surface area contributed by atoms with Crippen molar-refractivity contribution in [2.45, 2.75) is 115 Å². The number of epoxide rings is 1. The van der Waals surface area contributed by atoms with E-state index in [1.54, 1.807) is 13.0 Å². The van der Waals surface area contributed by atoms with Gasteiger partial charge in [0.05, 0.1) is 17.1 Å². The Morgan fingerprint density at radius 1 is 1.00 bits per heavy atom. The van der Waals surface area contributed by atoms with Crippen LogP contribution in [0, 0.1) is 11.3 Å². The summed E-state index contributed by atoms with van der Waals surface area (Å²) in [4.78, 5) is 50.0. The average Bonchev–Trinajstić information content (AvgIpc) is 3.34. The zero-order valence-corrected chi connectivity index (χ0v) is 22.2. The van der Waals surface area contributed by atoms with Crippen LogP contribution in [0.15, 0.2) is 11.6 Å². The van der Waals surface area contributed by atoms with Crippen LogP contribution in [-0.2, 0) is 42.9 Å². The molecule has 11 heteroatoms. The molecule has 0 amide bonds. The summed E-state index contributed by atoms with van der Waals surface area (Å²) in [5.74, 6) is -3.83. The summed E-state index contributed by atoms with van der Waals surface area (Å²) >= 11 is 0. The van der Waals surface area contributed by atoms with Gasteiger partial charge in [-0.1, -0.05) is 12.5 Å². The van der Waals surface area contributed by atoms with Crippen LogP contribution in [0.5, 0.6) is 0 Å². The molecule has 0 aromatic carbocycles. The second-order valence-corrected chi connectivity index (χ2v) is 11.4. The molecule has 10 atom stereocenters. The highest BCUT2D eigenvalue weighted by molar-refractivity contribution is 5.89. The molecule has 11 nitrogen and oxygen atoms in total. The molecule has 2 saturated heterocycles. The van der Waals surface area contributed by atoms with Crippen molar-refractivity contribution in [2.24, 2.45) is 11.3 Å². The van der Waals surface area contributed by atoms with Crippen molar-refractivity contribution in [3.05, 3.63) is 11.6 Å². The van der Waals surface area contributed by atoms with Crippen molar-refractivity contribution < 1.29 is 53.1 Å². The van der Waals surface area contributed by atoms with Gasteiger partial charge in [-0.2, -0.15) is 0 Å². The van der Waals surface area contributed by atoms with E-state index in [9.17, 15) is 29.4 Å². The number of carbonyl (C=O) groups is 4. The second-order valence-electron chi connectivity index (χ2n) is 11.4. The van der Waals surface area contributed by atoms with Crippen LogP contribution in [0.4, 0.5) is 0 Å². The number of carbonyl (C=O) groups excluding carboxylic acids is 4. The van der Waals surface area contributed by atoms with Crippen molar-refractivity contribution in [1.82, 2.24) is 0 Å². The molecule has 2 aliphatic heterocycles. The van der Waals surface area contributed by atoms with E-state index in [2.05, 4.69) is 0 Å². The zero-order valence-electron chi connectivity index (χ0n) is 22.2. The molecule has 1 spiro atoms. The third kappa shape index (κ3) is 3.97. The Labute approximate surface area is 215 Å². The fourth-order valence-corrected chi connectivity index (χ4v) is 6.94. The maximum atomic E-state index is 13.0. The monoisotopic (exact) mass is 524 g/mol. The van der Waals surface area contributed by atoms with Crippen molar-refractivity contribution >= 4 is 23.9 Å². The first-order valence-corrected chi connectivity index (χ1v) is 12.5. The minimum absolute atomic E-state index is 0.164. The van der Waals surface area contributed by atoms with Crippen molar-refractivity contribution in [3.63, 3.8) is 0 Å².